The Kier molecular flexibility index (Phi) is 8.63. The van der Waals surface area contributed by atoms with Gasteiger partial charge < -0.3 is 5.32 Å². The summed E-state index contributed by atoms with van der Waals surface area (Å²) < 4.78 is 3.55. The van der Waals surface area contributed by atoms with Crippen molar-refractivity contribution in [1.29, 1.82) is 0 Å². The molecule has 2 N–H and O–H groups in total. The number of amides is 2. The highest BCUT2D eigenvalue weighted by atomic mass is 35.5. The van der Waals surface area contributed by atoms with Gasteiger partial charge in [0.05, 0.1) is 16.1 Å². The van der Waals surface area contributed by atoms with E-state index in [4.69, 9.17) is 16.7 Å². The van der Waals surface area contributed by atoms with Crippen molar-refractivity contribution < 1.29 is 4.79 Å². The van der Waals surface area contributed by atoms with Crippen molar-refractivity contribution in [2.75, 3.05) is 11.6 Å². The summed E-state index contributed by atoms with van der Waals surface area (Å²) in [6.45, 7) is 8.79. The van der Waals surface area contributed by atoms with E-state index < -0.39 is 0 Å². The number of carbonyl (C=O) groups excluding carboxylic acids is 1. The van der Waals surface area contributed by atoms with Gasteiger partial charge in [-0.3, -0.25) is 9.72 Å². The monoisotopic (exact) mass is 605 g/mol. The van der Waals surface area contributed by atoms with Crippen molar-refractivity contribution in [3.8, 4) is 5.69 Å². The zero-order chi connectivity index (χ0) is 29.1. The molecule has 212 valence electrons. The number of aromatic nitrogens is 5. The Morgan fingerprint density at radius 2 is 1.80 bits per heavy atom. The molecule has 8 nitrogen and oxygen atoms in total. The summed E-state index contributed by atoms with van der Waals surface area (Å²) in [5.41, 5.74) is 3.51. The number of urea groups is 1. The predicted molar refractivity (Wildman–Crippen MR) is 169 cm³/mol. The van der Waals surface area contributed by atoms with Gasteiger partial charge in [0.15, 0.2) is 5.65 Å². The first-order valence-corrected chi connectivity index (χ1v) is 15.6. The van der Waals surface area contributed by atoms with Gasteiger partial charge in [-0.25, -0.2) is 9.48 Å². The molecule has 5 aromatic rings. The number of nitrogens with zero attached hydrogens (tertiary/aromatic N) is 5. The molecule has 0 bridgehead atoms. The molecule has 41 heavy (non-hydrogen) atoms. The van der Waals surface area contributed by atoms with Gasteiger partial charge in [-0.05, 0) is 68.1 Å². The summed E-state index contributed by atoms with van der Waals surface area (Å²) in [6, 6.07) is 21.1. The van der Waals surface area contributed by atoms with Crippen LogP contribution in [-0.2, 0) is 11.3 Å². The Balaban J connectivity index is 1.32. The maximum absolute atomic E-state index is 13.1. The van der Waals surface area contributed by atoms with Crippen LogP contribution in [0, 0.1) is 0 Å². The van der Waals surface area contributed by atoms with E-state index in [1.165, 1.54) is 0 Å². The lowest BCUT2D eigenvalue weighted by Crippen LogP contribution is -2.29. The summed E-state index contributed by atoms with van der Waals surface area (Å²) in [4.78, 5) is 15.2. The zero-order valence-corrected chi connectivity index (χ0v) is 25.9. The number of carbonyl (C=O) groups is 1. The number of halogens is 1. The van der Waals surface area contributed by atoms with Crippen LogP contribution in [0.4, 0.5) is 10.6 Å². The van der Waals surface area contributed by atoms with Crippen LogP contribution in [-0.4, -0.2) is 36.7 Å². The molecule has 2 aromatic carbocycles. The quantitative estimate of drug-likeness (QED) is 0.178. The molecule has 0 aliphatic carbocycles. The average molecular weight is 606 g/mol. The second kappa shape index (κ2) is 12.2. The van der Waals surface area contributed by atoms with Crippen LogP contribution in [0.2, 0.25) is 5.02 Å². The van der Waals surface area contributed by atoms with Crippen molar-refractivity contribution in [1.82, 2.24) is 29.7 Å². The Labute approximate surface area is 253 Å². The van der Waals surface area contributed by atoms with Gasteiger partial charge in [-0.15, -0.1) is 10.2 Å². The minimum Gasteiger partial charge on any atom is -0.334 e. The van der Waals surface area contributed by atoms with E-state index in [1.54, 1.807) is 40.3 Å². The largest absolute Gasteiger partial charge is 0.334 e. The van der Waals surface area contributed by atoms with E-state index in [2.05, 4.69) is 60.8 Å². The van der Waals surface area contributed by atoms with Crippen molar-refractivity contribution in [3.05, 3.63) is 95.0 Å². The Hall–Kier alpha value is -3.47. The van der Waals surface area contributed by atoms with Crippen molar-refractivity contribution in [3.63, 3.8) is 0 Å². The number of nitrogens with one attached hydrogen (secondary N) is 2. The molecule has 0 spiro atoms. The van der Waals surface area contributed by atoms with Crippen molar-refractivity contribution in [2.45, 2.75) is 54.7 Å². The molecule has 0 aliphatic rings. The van der Waals surface area contributed by atoms with E-state index in [1.807, 2.05) is 59.2 Å². The number of pyridine rings is 1. The lowest BCUT2D eigenvalue weighted by Gasteiger charge is -2.18. The van der Waals surface area contributed by atoms with E-state index in [0.29, 0.717) is 17.4 Å². The minimum atomic E-state index is -0.319. The predicted octanol–water partition coefficient (Wildman–Crippen LogP) is 7.76. The first-order chi connectivity index (χ1) is 19.6. The van der Waals surface area contributed by atoms with Crippen LogP contribution < -0.4 is 10.6 Å². The fourth-order valence-corrected chi connectivity index (χ4v) is 5.60. The normalized spacial score (nSPS) is 11.8. The highest BCUT2D eigenvalue weighted by Crippen LogP contribution is 2.35. The molecular weight excluding hydrogens is 574 g/mol. The van der Waals surface area contributed by atoms with Gasteiger partial charge in [-0.1, -0.05) is 55.4 Å². The number of fused-ring (bicyclic) bond motifs is 1. The van der Waals surface area contributed by atoms with E-state index in [0.717, 1.165) is 38.2 Å². The maximum Gasteiger partial charge on any atom is 0.320 e. The Morgan fingerprint density at radius 3 is 2.54 bits per heavy atom. The lowest BCUT2D eigenvalue weighted by molar-refractivity contribution is 0.251. The fourth-order valence-electron chi connectivity index (χ4n) is 4.20. The topological polar surface area (TPSA) is 89.1 Å². The second-order valence-corrected chi connectivity index (χ2v) is 13.3. The van der Waals surface area contributed by atoms with E-state index >= 15 is 0 Å². The van der Waals surface area contributed by atoms with Crippen LogP contribution in [0.25, 0.3) is 11.3 Å². The molecule has 0 saturated carbocycles. The smallest absolute Gasteiger partial charge is 0.320 e. The van der Waals surface area contributed by atoms with Crippen LogP contribution in [0.15, 0.2) is 82.7 Å². The molecule has 2 amide bonds. The van der Waals surface area contributed by atoms with Crippen molar-refractivity contribution >= 4 is 52.6 Å². The molecule has 0 radical (unpaired) electrons. The van der Waals surface area contributed by atoms with Crippen LogP contribution >= 0.6 is 35.1 Å². The molecule has 3 aromatic heterocycles. The van der Waals surface area contributed by atoms with Gasteiger partial charge in [0.2, 0.25) is 0 Å². The van der Waals surface area contributed by atoms with E-state index in [-0.39, 0.29) is 16.7 Å². The average Bonchev–Trinajstić information content (AvgIpc) is 3.58. The number of hydrogen-bond donors (Lipinski definition) is 2. The molecule has 11 heteroatoms. The van der Waals surface area contributed by atoms with E-state index in [9.17, 15) is 4.79 Å². The number of benzene rings is 2. The third-order valence-electron chi connectivity index (χ3n) is 6.71. The standard InChI is InChI=1S/C30H32ClN7OS2/c1-19(2)28-35-34-26-15-14-23(18-37(26)28)41-24-9-7-6-8-20(24)17-32-29(39)33-27-16-25(30(3,4)40-5)36-38(27)22-12-10-21(31)11-13-22/h6-16,18-19H,17H2,1-5H3,(H2,32,33,39). The third kappa shape index (κ3) is 6.55. The molecule has 5 rings (SSSR count). The number of anilines is 1. The summed E-state index contributed by atoms with van der Waals surface area (Å²) >= 11 is 9.44. The van der Waals surface area contributed by atoms with Gasteiger partial charge in [0.25, 0.3) is 0 Å². The molecule has 0 atom stereocenters. The third-order valence-corrected chi connectivity index (χ3v) is 9.28. The summed E-state index contributed by atoms with van der Waals surface area (Å²) in [6.07, 6.45) is 4.11. The first-order valence-electron chi connectivity index (χ1n) is 13.2. The second-order valence-electron chi connectivity index (χ2n) is 10.3. The van der Waals surface area contributed by atoms with Crippen LogP contribution in [0.1, 0.15) is 50.7 Å². The summed E-state index contributed by atoms with van der Waals surface area (Å²) in [7, 11) is 0. The maximum atomic E-state index is 13.1. The highest BCUT2D eigenvalue weighted by molar-refractivity contribution is 7.99. The SMILES string of the molecule is CSC(C)(C)c1cc(NC(=O)NCc2ccccc2Sc2ccc3nnc(C(C)C)n3c2)n(-c2ccc(Cl)cc2)n1. The number of rotatable bonds is 9. The first kappa shape index (κ1) is 29.0. The Bertz CT molecular complexity index is 1680. The van der Waals surface area contributed by atoms with Gasteiger partial charge >= 0.3 is 6.03 Å². The lowest BCUT2D eigenvalue weighted by atomic mass is 10.1. The highest BCUT2D eigenvalue weighted by Gasteiger charge is 2.25. The van der Waals surface area contributed by atoms with Crippen LogP contribution in [0.3, 0.4) is 0 Å². The minimum absolute atomic E-state index is 0.230. The Morgan fingerprint density at radius 1 is 1.05 bits per heavy atom. The molecule has 0 aliphatic heterocycles. The van der Waals surface area contributed by atoms with Gasteiger partial charge in [0, 0.05) is 39.5 Å². The van der Waals surface area contributed by atoms with Gasteiger partial charge in [0.1, 0.15) is 11.6 Å². The number of hydrogen-bond acceptors (Lipinski definition) is 6. The van der Waals surface area contributed by atoms with Crippen LogP contribution in [0.5, 0.6) is 0 Å². The summed E-state index contributed by atoms with van der Waals surface area (Å²) in [5, 5.41) is 20.1. The fraction of sp³-hybridized carbons (Fsp3) is 0.267. The molecule has 3 heterocycles. The summed E-state index contributed by atoms with van der Waals surface area (Å²) in [5.74, 6) is 1.77. The molecule has 0 fully saturated rings. The van der Waals surface area contributed by atoms with Crippen molar-refractivity contribution in [2.24, 2.45) is 0 Å². The zero-order valence-electron chi connectivity index (χ0n) is 23.6. The van der Waals surface area contributed by atoms with Gasteiger partial charge in [-0.2, -0.15) is 16.9 Å². The molecule has 0 saturated heterocycles. The molecular formula is C30H32ClN7OS2. The number of thioether (sulfide) groups is 1. The molecule has 0 unspecified atom stereocenters.